The summed E-state index contributed by atoms with van der Waals surface area (Å²) in [7, 11) is 3.90. The van der Waals surface area contributed by atoms with Crippen molar-refractivity contribution in [3.05, 3.63) is 76.7 Å². The zero-order valence-corrected chi connectivity index (χ0v) is 23.2. The third-order valence-corrected chi connectivity index (χ3v) is 7.95. The molecule has 0 radical (unpaired) electrons. The number of benzene rings is 3. The summed E-state index contributed by atoms with van der Waals surface area (Å²) in [4.78, 5) is 29.8. The normalized spacial score (nSPS) is 15.0. The van der Waals surface area contributed by atoms with Crippen LogP contribution in [0.25, 0.3) is 27.8 Å². The van der Waals surface area contributed by atoms with Gasteiger partial charge >= 0.3 is 0 Å². The van der Waals surface area contributed by atoms with Gasteiger partial charge in [0, 0.05) is 35.8 Å². The number of hydrogen-bond donors (Lipinski definition) is 0. The van der Waals surface area contributed by atoms with Gasteiger partial charge in [0.25, 0.3) is 0 Å². The average molecular weight is 547 g/mol. The molecule has 0 saturated carbocycles. The Bertz CT molecular complexity index is 1590. The Morgan fingerprint density at radius 3 is 2.64 bits per heavy atom. The number of carbonyl (C=O) groups excluding carboxylic acids is 2. The molecule has 0 N–H and O–H groups in total. The number of aryl methyl sites for hydroxylation is 1. The predicted molar refractivity (Wildman–Crippen MR) is 155 cm³/mol. The van der Waals surface area contributed by atoms with Crippen LogP contribution in [-0.4, -0.2) is 46.5 Å². The largest absolute Gasteiger partial charge is 0.308 e. The Kier molecular flexibility index (Phi) is 7.82. The molecule has 202 valence electrons. The number of piperidine rings is 1. The highest BCUT2D eigenvalue weighted by Crippen LogP contribution is 2.36. The fourth-order valence-corrected chi connectivity index (χ4v) is 5.81. The Morgan fingerprint density at radius 2 is 1.90 bits per heavy atom. The topological polar surface area (TPSA) is 58.4 Å². The minimum atomic E-state index is -0.468. The lowest BCUT2D eigenvalue weighted by Gasteiger charge is -2.33. The van der Waals surface area contributed by atoms with E-state index in [0.29, 0.717) is 22.7 Å². The highest BCUT2D eigenvalue weighted by atomic mass is 35.5. The molecule has 1 aromatic heterocycles. The highest BCUT2D eigenvalue weighted by molar-refractivity contribution is 6.40. The van der Waals surface area contributed by atoms with E-state index in [-0.39, 0.29) is 24.2 Å². The van der Waals surface area contributed by atoms with Crippen molar-refractivity contribution < 1.29 is 14.0 Å². The number of rotatable bonds is 7. The lowest BCUT2D eigenvalue weighted by Crippen LogP contribution is -2.41. The van der Waals surface area contributed by atoms with E-state index in [2.05, 4.69) is 17.0 Å². The third-order valence-electron chi connectivity index (χ3n) is 7.58. The smallest absolute Gasteiger partial charge is 0.230 e. The van der Waals surface area contributed by atoms with Gasteiger partial charge in [0.05, 0.1) is 23.3 Å². The zero-order valence-electron chi connectivity index (χ0n) is 22.5. The number of likely N-dealkylation sites (tertiary alicyclic amines) is 1. The standard InChI is InChI=1S/C31H32ClFN4O2/c1-4-27(38)9-8-20-14-25(33)17-26(15-20)37(31(39)21-10-12-35(2)13-11-21)19-23-7-5-6-22-16-24-18-34-36(3)30(24)29(32)28(22)23/h5-9,14-18,21H,4,10-13,19H2,1-3H3/b9-8+. The molecule has 0 atom stereocenters. The molecule has 1 amide bonds. The van der Waals surface area contributed by atoms with Crippen LogP contribution in [-0.2, 0) is 23.2 Å². The fourth-order valence-electron chi connectivity index (χ4n) is 5.35. The summed E-state index contributed by atoms with van der Waals surface area (Å²) in [5.41, 5.74) is 2.67. The molecule has 39 heavy (non-hydrogen) atoms. The Balaban J connectivity index is 1.61. The third kappa shape index (κ3) is 5.60. The summed E-state index contributed by atoms with van der Waals surface area (Å²) >= 11 is 6.96. The predicted octanol–water partition coefficient (Wildman–Crippen LogP) is 6.39. The van der Waals surface area contributed by atoms with Crippen LogP contribution in [0.1, 0.15) is 37.3 Å². The molecule has 2 heterocycles. The van der Waals surface area contributed by atoms with Crippen molar-refractivity contribution in [3.63, 3.8) is 0 Å². The van der Waals surface area contributed by atoms with E-state index in [0.717, 1.165) is 53.2 Å². The van der Waals surface area contributed by atoms with Crippen LogP contribution in [0.4, 0.5) is 10.1 Å². The number of aromatic nitrogens is 2. The highest BCUT2D eigenvalue weighted by Gasteiger charge is 2.29. The molecule has 0 aliphatic carbocycles. The van der Waals surface area contributed by atoms with Crippen LogP contribution >= 0.6 is 11.6 Å². The number of allylic oxidation sites excluding steroid dienone is 1. The van der Waals surface area contributed by atoms with Crippen LogP contribution in [0.2, 0.25) is 5.02 Å². The van der Waals surface area contributed by atoms with Crippen LogP contribution in [0.3, 0.4) is 0 Å². The van der Waals surface area contributed by atoms with Gasteiger partial charge in [0.1, 0.15) is 5.82 Å². The molecule has 1 saturated heterocycles. The monoisotopic (exact) mass is 546 g/mol. The Morgan fingerprint density at radius 1 is 1.13 bits per heavy atom. The molecular weight excluding hydrogens is 515 g/mol. The van der Waals surface area contributed by atoms with Gasteiger partial charge in [0.2, 0.25) is 5.91 Å². The first-order chi connectivity index (χ1) is 18.7. The number of ketones is 1. The summed E-state index contributed by atoms with van der Waals surface area (Å²) in [6.07, 6.45) is 6.69. The second kappa shape index (κ2) is 11.3. The van der Waals surface area contributed by atoms with Crippen molar-refractivity contribution in [1.29, 1.82) is 0 Å². The lowest BCUT2D eigenvalue weighted by molar-refractivity contribution is -0.123. The van der Waals surface area contributed by atoms with Gasteiger partial charge in [-0.15, -0.1) is 0 Å². The SMILES string of the molecule is CCC(=O)/C=C/c1cc(F)cc(N(Cc2cccc3cc4cnn(C)c4c(Cl)c23)C(=O)C2CCN(C)CC2)c1. The van der Waals surface area contributed by atoms with E-state index < -0.39 is 5.82 Å². The van der Waals surface area contributed by atoms with E-state index in [1.807, 2.05) is 31.3 Å². The van der Waals surface area contributed by atoms with Crippen LogP contribution in [0.15, 0.2) is 54.7 Å². The van der Waals surface area contributed by atoms with Gasteiger partial charge < -0.3 is 9.80 Å². The minimum absolute atomic E-state index is 0.0389. The second-order valence-corrected chi connectivity index (χ2v) is 10.7. The summed E-state index contributed by atoms with van der Waals surface area (Å²) < 4.78 is 16.6. The van der Waals surface area contributed by atoms with Crippen LogP contribution < -0.4 is 4.90 Å². The zero-order chi connectivity index (χ0) is 27.7. The molecule has 1 aliphatic rings. The van der Waals surface area contributed by atoms with Gasteiger partial charge in [-0.2, -0.15) is 5.10 Å². The van der Waals surface area contributed by atoms with E-state index in [4.69, 9.17) is 11.6 Å². The maximum Gasteiger partial charge on any atom is 0.230 e. The summed E-state index contributed by atoms with van der Waals surface area (Å²) in [5, 5.41) is 7.67. The number of carbonyl (C=O) groups is 2. The fraction of sp³-hybridized carbons (Fsp3) is 0.323. The molecule has 0 bridgehead atoms. The van der Waals surface area contributed by atoms with Gasteiger partial charge in [0.15, 0.2) is 5.78 Å². The molecule has 1 aliphatic heterocycles. The number of nitrogens with zero attached hydrogens (tertiary/aromatic N) is 4. The number of halogens is 2. The van der Waals surface area contributed by atoms with Gasteiger partial charge in [-0.3, -0.25) is 14.3 Å². The van der Waals surface area contributed by atoms with E-state index in [9.17, 15) is 14.0 Å². The first-order valence-electron chi connectivity index (χ1n) is 13.3. The molecule has 5 rings (SSSR count). The van der Waals surface area contributed by atoms with Crippen molar-refractivity contribution in [3.8, 4) is 0 Å². The summed E-state index contributed by atoms with van der Waals surface area (Å²) in [5.74, 6) is -0.723. The van der Waals surface area contributed by atoms with Gasteiger partial charge in [-0.05, 0) is 79.8 Å². The first-order valence-corrected chi connectivity index (χ1v) is 13.7. The van der Waals surface area contributed by atoms with Crippen molar-refractivity contribution in [2.75, 3.05) is 25.0 Å². The molecule has 1 fully saturated rings. The van der Waals surface area contributed by atoms with Crippen molar-refractivity contribution in [2.24, 2.45) is 13.0 Å². The first kappa shape index (κ1) is 27.0. The van der Waals surface area contributed by atoms with Gasteiger partial charge in [-0.1, -0.05) is 42.8 Å². The van der Waals surface area contributed by atoms with E-state index in [1.165, 1.54) is 18.2 Å². The number of amides is 1. The second-order valence-electron chi connectivity index (χ2n) is 10.3. The molecule has 6 nitrogen and oxygen atoms in total. The average Bonchev–Trinajstić information content (AvgIpc) is 3.30. The molecule has 8 heteroatoms. The Labute approximate surface area is 232 Å². The lowest BCUT2D eigenvalue weighted by atomic mass is 9.94. The number of fused-ring (bicyclic) bond motifs is 2. The molecule has 0 spiro atoms. The summed E-state index contributed by atoms with van der Waals surface area (Å²) in [6.45, 7) is 3.67. The van der Waals surface area contributed by atoms with Crippen molar-refractivity contribution >= 4 is 56.7 Å². The van der Waals surface area contributed by atoms with Crippen molar-refractivity contribution in [2.45, 2.75) is 32.7 Å². The van der Waals surface area contributed by atoms with Crippen molar-refractivity contribution in [1.82, 2.24) is 14.7 Å². The van der Waals surface area contributed by atoms with E-state index in [1.54, 1.807) is 34.8 Å². The van der Waals surface area contributed by atoms with Gasteiger partial charge in [-0.25, -0.2) is 4.39 Å². The maximum atomic E-state index is 14.9. The number of anilines is 1. The number of hydrogen-bond acceptors (Lipinski definition) is 4. The molecule has 3 aromatic carbocycles. The van der Waals surface area contributed by atoms with Crippen LogP contribution in [0, 0.1) is 11.7 Å². The summed E-state index contributed by atoms with van der Waals surface area (Å²) in [6, 6.07) is 12.5. The quantitative estimate of drug-likeness (QED) is 0.252. The molecular formula is C31H32ClFN4O2. The maximum absolute atomic E-state index is 14.9. The Hall–Kier alpha value is -3.55. The molecule has 0 unspecified atom stereocenters. The van der Waals surface area contributed by atoms with E-state index >= 15 is 0 Å². The molecule has 4 aromatic rings. The van der Waals surface area contributed by atoms with Crippen LogP contribution in [0.5, 0.6) is 0 Å². The minimum Gasteiger partial charge on any atom is -0.308 e.